The Morgan fingerprint density at radius 2 is 2.29 bits per heavy atom. The van der Waals surface area contributed by atoms with E-state index in [1.807, 2.05) is 24.3 Å². The van der Waals surface area contributed by atoms with E-state index in [2.05, 4.69) is 14.9 Å². The van der Waals surface area contributed by atoms with Gasteiger partial charge in [-0.1, -0.05) is 18.2 Å². The first kappa shape index (κ1) is 8.74. The molecule has 0 aliphatic carbocycles. The van der Waals surface area contributed by atoms with Gasteiger partial charge < -0.3 is 4.74 Å². The Morgan fingerprint density at radius 1 is 1.43 bits per heavy atom. The number of benzene rings is 1. The fourth-order valence-electron chi connectivity index (χ4n) is 1.41. The van der Waals surface area contributed by atoms with E-state index in [-0.39, 0.29) is 0 Å². The van der Waals surface area contributed by atoms with Crippen molar-refractivity contribution in [3.05, 3.63) is 30.0 Å². The number of rotatable bonds is 4. The van der Waals surface area contributed by atoms with Gasteiger partial charge in [0.15, 0.2) is 0 Å². The zero-order chi connectivity index (χ0) is 9.80. The van der Waals surface area contributed by atoms with Gasteiger partial charge in [-0.25, -0.2) is 0 Å². The average molecular weight is 190 g/mol. The monoisotopic (exact) mass is 190 g/mol. The predicted octanol–water partition coefficient (Wildman–Crippen LogP) is 1.28. The quantitative estimate of drug-likeness (QED) is 0.583. The van der Waals surface area contributed by atoms with Crippen molar-refractivity contribution in [2.75, 3.05) is 6.61 Å². The lowest BCUT2D eigenvalue weighted by molar-refractivity contribution is -0.128. The number of aromatic amines is 1. The number of hydrogen-bond donors (Lipinski definition) is 1. The van der Waals surface area contributed by atoms with Crippen molar-refractivity contribution in [1.82, 2.24) is 10.2 Å². The van der Waals surface area contributed by atoms with Crippen LogP contribution >= 0.6 is 0 Å². The number of ether oxygens (including phenoxy) is 1. The molecular formula is C10H10N2O2. The number of H-pyrrole nitrogens is 1. The van der Waals surface area contributed by atoms with E-state index < -0.39 is 0 Å². The van der Waals surface area contributed by atoms with E-state index in [0.29, 0.717) is 19.5 Å². The summed E-state index contributed by atoms with van der Waals surface area (Å²) < 4.78 is 4.63. The van der Waals surface area contributed by atoms with Crippen molar-refractivity contribution in [3.63, 3.8) is 0 Å². The van der Waals surface area contributed by atoms with Crippen LogP contribution in [0.5, 0.6) is 0 Å². The molecule has 1 N–H and O–H groups in total. The summed E-state index contributed by atoms with van der Waals surface area (Å²) in [4.78, 5) is 9.95. The molecule has 1 aromatic heterocycles. The highest BCUT2D eigenvalue weighted by Crippen LogP contribution is 2.15. The van der Waals surface area contributed by atoms with E-state index in [1.54, 1.807) is 0 Å². The third-order valence-corrected chi connectivity index (χ3v) is 2.08. The first-order valence-electron chi connectivity index (χ1n) is 4.39. The lowest BCUT2D eigenvalue weighted by Crippen LogP contribution is -1.97. The van der Waals surface area contributed by atoms with Gasteiger partial charge in [0.05, 0.1) is 12.1 Å². The third-order valence-electron chi connectivity index (χ3n) is 2.08. The summed E-state index contributed by atoms with van der Waals surface area (Å²) >= 11 is 0. The molecule has 0 unspecified atom stereocenters. The molecule has 0 saturated heterocycles. The van der Waals surface area contributed by atoms with Crippen LogP contribution in [0.3, 0.4) is 0 Å². The van der Waals surface area contributed by atoms with Gasteiger partial charge in [-0.05, 0) is 6.07 Å². The van der Waals surface area contributed by atoms with Crippen molar-refractivity contribution in [2.24, 2.45) is 0 Å². The van der Waals surface area contributed by atoms with Gasteiger partial charge >= 0.3 is 0 Å². The number of hydrogen-bond acceptors (Lipinski definition) is 3. The Hall–Kier alpha value is -1.84. The molecule has 2 aromatic rings. The fraction of sp³-hybridized carbons (Fsp3) is 0.200. The minimum atomic E-state index is 0.385. The number of aromatic nitrogens is 2. The Bertz CT molecular complexity index is 436. The summed E-state index contributed by atoms with van der Waals surface area (Å²) in [5, 5.41) is 8.14. The van der Waals surface area contributed by atoms with E-state index >= 15 is 0 Å². The highest BCUT2D eigenvalue weighted by atomic mass is 16.5. The predicted molar refractivity (Wildman–Crippen MR) is 51.8 cm³/mol. The molecule has 0 aliphatic rings. The standard InChI is InChI=1S/C10H10N2O2/c13-7-14-6-5-10-8-3-1-2-4-9(8)11-12-10/h1-4,7H,5-6H2,(H,11,12). The first-order chi connectivity index (χ1) is 6.92. The van der Waals surface area contributed by atoms with Gasteiger partial charge in [0.25, 0.3) is 6.47 Å². The molecule has 2 rings (SSSR count). The lowest BCUT2D eigenvalue weighted by atomic mass is 10.2. The van der Waals surface area contributed by atoms with Crippen LogP contribution in [0.1, 0.15) is 5.69 Å². The summed E-state index contributed by atoms with van der Waals surface area (Å²) in [7, 11) is 0. The van der Waals surface area contributed by atoms with Gasteiger partial charge in [-0.15, -0.1) is 0 Å². The molecule has 0 fully saturated rings. The van der Waals surface area contributed by atoms with Crippen LogP contribution in [0.15, 0.2) is 24.3 Å². The Balaban J connectivity index is 2.20. The lowest BCUT2D eigenvalue weighted by Gasteiger charge is -1.96. The molecule has 0 bridgehead atoms. The van der Waals surface area contributed by atoms with E-state index in [9.17, 15) is 4.79 Å². The molecule has 14 heavy (non-hydrogen) atoms. The highest BCUT2D eigenvalue weighted by Gasteiger charge is 2.03. The van der Waals surface area contributed by atoms with Gasteiger partial charge in [-0.2, -0.15) is 5.10 Å². The third kappa shape index (κ3) is 1.59. The molecule has 0 saturated carbocycles. The molecule has 0 aliphatic heterocycles. The second-order valence-electron chi connectivity index (χ2n) is 2.94. The van der Waals surface area contributed by atoms with Crippen LogP contribution < -0.4 is 0 Å². The van der Waals surface area contributed by atoms with Crippen molar-refractivity contribution in [2.45, 2.75) is 6.42 Å². The van der Waals surface area contributed by atoms with E-state index in [4.69, 9.17) is 0 Å². The minimum absolute atomic E-state index is 0.385. The van der Waals surface area contributed by atoms with Gasteiger partial charge in [-0.3, -0.25) is 9.89 Å². The summed E-state index contributed by atoms with van der Waals surface area (Å²) in [6.45, 7) is 0.842. The van der Waals surface area contributed by atoms with Crippen LogP contribution in [0.4, 0.5) is 0 Å². The van der Waals surface area contributed by atoms with E-state index in [0.717, 1.165) is 16.6 Å². The maximum Gasteiger partial charge on any atom is 0.293 e. The SMILES string of the molecule is O=COCCc1[nH]nc2ccccc12. The second kappa shape index (κ2) is 3.91. The normalized spacial score (nSPS) is 10.3. The Morgan fingerprint density at radius 3 is 3.14 bits per heavy atom. The van der Waals surface area contributed by atoms with Crippen LogP contribution in [0.25, 0.3) is 10.9 Å². The Labute approximate surface area is 80.9 Å². The topological polar surface area (TPSA) is 55.0 Å². The number of nitrogens with one attached hydrogen (secondary N) is 1. The zero-order valence-electron chi connectivity index (χ0n) is 7.56. The molecule has 1 heterocycles. The molecule has 0 amide bonds. The summed E-state index contributed by atoms with van der Waals surface area (Å²) in [6.07, 6.45) is 0.666. The number of para-hydroxylation sites is 1. The van der Waals surface area contributed by atoms with Crippen LogP contribution in [-0.2, 0) is 16.0 Å². The van der Waals surface area contributed by atoms with Crippen molar-refractivity contribution >= 4 is 17.4 Å². The summed E-state index contributed by atoms with van der Waals surface area (Å²) in [6, 6.07) is 7.84. The van der Waals surface area contributed by atoms with Gasteiger partial charge in [0.2, 0.25) is 0 Å². The molecule has 0 spiro atoms. The van der Waals surface area contributed by atoms with Crippen LogP contribution in [0.2, 0.25) is 0 Å². The van der Waals surface area contributed by atoms with Gasteiger partial charge in [0, 0.05) is 17.5 Å². The van der Waals surface area contributed by atoms with E-state index in [1.165, 1.54) is 0 Å². The molecule has 0 atom stereocenters. The van der Waals surface area contributed by atoms with Gasteiger partial charge in [0.1, 0.15) is 0 Å². The average Bonchev–Trinajstić information content (AvgIpc) is 2.63. The molecule has 4 heteroatoms. The molecule has 4 nitrogen and oxygen atoms in total. The molecule has 1 aromatic carbocycles. The summed E-state index contributed by atoms with van der Waals surface area (Å²) in [5.41, 5.74) is 1.94. The van der Waals surface area contributed by atoms with Crippen LogP contribution in [-0.4, -0.2) is 23.3 Å². The fourth-order valence-corrected chi connectivity index (χ4v) is 1.41. The van der Waals surface area contributed by atoms with Crippen LogP contribution in [0, 0.1) is 0 Å². The van der Waals surface area contributed by atoms with Crippen molar-refractivity contribution in [1.29, 1.82) is 0 Å². The maximum absolute atomic E-state index is 9.95. The first-order valence-corrected chi connectivity index (χ1v) is 4.39. The number of nitrogens with zero attached hydrogens (tertiary/aromatic N) is 1. The molecule has 0 radical (unpaired) electrons. The minimum Gasteiger partial charge on any atom is -0.467 e. The van der Waals surface area contributed by atoms with Crippen molar-refractivity contribution in [3.8, 4) is 0 Å². The number of carbonyl (C=O) groups excluding carboxylic acids is 1. The highest BCUT2D eigenvalue weighted by molar-refractivity contribution is 5.81. The number of carbonyl (C=O) groups is 1. The second-order valence-corrected chi connectivity index (χ2v) is 2.94. The smallest absolute Gasteiger partial charge is 0.293 e. The summed E-state index contributed by atoms with van der Waals surface area (Å²) in [5.74, 6) is 0. The maximum atomic E-state index is 9.95. The number of fused-ring (bicyclic) bond motifs is 1. The van der Waals surface area contributed by atoms with Crippen molar-refractivity contribution < 1.29 is 9.53 Å². The largest absolute Gasteiger partial charge is 0.467 e. The molecule has 72 valence electrons. The zero-order valence-corrected chi connectivity index (χ0v) is 7.56. The Kier molecular flexibility index (Phi) is 2.44. The molecular weight excluding hydrogens is 180 g/mol.